The van der Waals surface area contributed by atoms with Gasteiger partial charge in [-0.2, -0.15) is 4.98 Å². The van der Waals surface area contributed by atoms with E-state index >= 15 is 0 Å². The molecule has 7 nitrogen and oxygen atoms in total. The molecule has 1 aliphatic rings. The van der Waals surface area contributed by atoms with Crippen molar-refractivity contribution in [3.05, 3.63) is 12.2 Å². The van der Waals surface area contributed by atoms with Crippen molar-refractivity contribution in [2.24, 2.45) is 11.8 Å². The second-order valence-corrected chi connectivity index (χ2v) is 4.71. The molecule has 1 heterocycles. The number of hydrogen-bond donors (Lipinski definition) is 2. The monoisotopic (exact) mass is 267 g/mol. The molecule has 0 aromatic carbocycles. The van der Waals surface area contributed by atoms with Gasteiger partial charge in [0.1, 0.15) is 0 Å². The summed E-state index contributed by atoms with van der Waals surface area (Å²) in [5.74, 6) is -1.59. The van der Waals surface area contributed by atoms with Crippen molar-refractivity contribution in [3.63, 3.8) is 0 Å². The van der Waals surface area contributed by atoms with Crippen molar-refractivity contribution < 1.29 is 19.2 Å². The molecular formula is C12H17N3O4. The average molecular weight is 267 g/mol. The fourth-order valence-corrected chi connectivity index (χ4v) is 2.47. The maximum absolute atomic E-state index is 12.0. The lowest BCUT2D eigenvalue weighted by Gasteiger charge is -2.27. The molecular weight excluding hydrogens is 250 g/mol. The van der Waals surface area contributed by atoms with Gasteiger partial charge in [-0.05, 0) is 12.8 Å². The van der Waals surface area contributed by atoms with Gasteiger partial charge in [-0.3, -0.25) is 9.59 Å². The fraction of sp³-hybridized carbons (Fsp3) is 0.667. The van der Waals surface area contributed by atoms with E-state index < -0.39 is 17.8 Å². The van der Waals surface area contributed by atoms with E-state index in [0.29, 0.717) is 31.7 Å². The minimum atomic E-state index is -0.878. The van der Waals surface area contributed by atoms with Crippen LogP contribution in [0.15, 0.2) is 10.9 Å². The van der Waals surface area contributed by atoms with Gasteiger partial charge in [0.15, 0.2) is 6.33 Å². The number of hydrogen-bond acceptors (Lipinski definition) is 5. The van der Waals surface area contributed by atoms with Gasteiger partial charge < -0.3 is 14.9 Å². The van der Waals surface area contributed by atoms with Gasteiger partial charge in [0, 0.05) is 13.0 Å². The molecule has 2 rings (SSSR count). The lowest BCUT2D eigenvalue weighted by molar-refractivity contribution is -0.148. The van der Waals surface area contributed by atoms with E-state index in [-0.39, 0.29) is 5.91 Å². The van der Waals surface area contributed by atoms with Gasteiger partial charge in [-0.25, -0.2) is 0 Å². The predicted molar refractivity (Wildman–Crippen MR) is 64.1 cm³/mol. The highest BCUT2D eigenvalue weighted by Crippen LogP contribution is 2.30. The lowest BCUT2D eigenvalue weighted by atomic mass is 9.79. The first-order chi connectivity index (χ1) is 9.18. The quantitative estimate of drug-likeness (QED) is 0.810. The highest BCUT2D eigenvalue weighted by atomic mass is 16.5. The van der Waals surface area contributed by atoms with Crippen LogP contribution in [0.4, 0.5) is 0 Å². The molecule has 2 N–H and O–H groups in total. The van der Waals surface area contributed by atoms with Crippen LogP contribution in [0.2, 0.25) is 0 Å². The van der Waals surface area contributed by atoms with Crippen LogP contribution in [0.5, 0.6) is 0 Å². The number of nitrogens with zero attached hydrogens (tertiary/aromatic N) is 2. The van der Waals surface area contributed by atoms with Gasteiger partial charge in [0.05, 0.1) is 11.8 Å². The highest BCUT2D eigenvalue weighted by Gasteiger charge is 2.35. The normalized spacial score (nSPS) is 22.9. The third-order valence-electron chi connectivity index (χ3n) is 3.46. The smallest absolute Gasteiger partial charge is 0.307 e. The molecule has 0 bridgehead atoms. The summed E-state index contributed by atoms with van der Waals surface area (Å²) < 4.78 is 4.81. The largest absolute Gasteiger partial charge is 0.481 e. The van der Waals surface area contributed by atoms with Gasteiger partial charge in [0.2, 0.25) is 11.8 Å². The van der Waals surface area contributed by atoms with E-state index in [9.17, 15) is 9.59 Å². The Morgan fingerprint density at radius 2 is 2.11 bits per heavy atom. The van der Waals surface area contributed by atoms with Crippen LogP contribution in [0.3, 0.4) is 0 Å². The second kappa shape index (κ2) is 6.31. The summed E-state index contributed by atoms with van der Waals surface area (Å²) in [7, 11) is 0. The van der Waals surface area contributed by atoms with Crippen LogP contribution in [0.1, 0.15) is 31.6 Å². The van der Waals surface area contributed by atoms with E-state index in [1.807, 2.05) is 0 Å². The molecule has 0 aliphatic heterocycles. The molecule has 104 valence electrons. The first kappa shape index (κ1) is 13.5. The Kier molecular flexibility index (Phi) is 4.48. The fourth-order valence-electron chi connectivity index (χ4n) is 2.47. The summed E-state index contributed by atoms with van der Waals surface area (Å²) in [4.78, 5) is 27.0. The van der Waals surface area contributed by atoms with Crippen LogP contribution in [-0.2, 0) is 16.0 Å². The molecule has 1 amide bonds. The Balaban J connectivity index is 1.82. The number of nitrogens with one attached hydrogen (secondary N) is 1. The topological polar surface area (TPSA) is 105 Å². The van der Waals surface area contributed by atoms with Gasteiger partial charge in [-0.15, -0.1) is 0 Å². The molecule has 1 aromatic rings. The molecule has 2 atom stereocenters. The molecule has 1 aromatic heterocycles. The molecule has 19 heavy (non-hydrogen) atoms. The van der Waals surface area contributed by atoms with E-state index in [0.717, 1.165) is 12.8 Å². The van der Waals surface area contributed by atoms with Crippen LogP contribution in [-0.4, -0.2) is 33.7 Å². The first-order valence-electron chi connectivity index (χ1n) is 6.44. The third kappa shape index (κ3) is 3.52. The Hall–Kier alpha value is -1.92. The number of aliphatic carboxylic acids is 1. The van der Waals surface area contributed by atoms with Crippen molar-refractivity contribution in [2.45, 2.75) is 32.1 Å². The molecule has 7 heteroatoms. The molecule has 0 spiro atoms. The Morgan fingerprint density at radius 1 is 1.37 bits per heavy atom. The molecule has 0 radical (unpaired) electrons. The summed E-state index contributed by atoms with van der Waals surface area (Å²) in [5, 5.41) is 15.3. The minimum Gasteiger partial charge on any atom is -0.481 e. The number of carboxylic acids is 1. The van der Waals surface area contributed by atoms with E-state index in [2.05, 4.69) is 15.5 Å². The zero-order valence-corrected chi connectivity index (χ0v) is 10.5. The van der Waals surface area contributed by atoms with E-state index in [1.54, 1.807) is 0 Å². The molecule has 1 saturated carbocycles. The SMILES string of the molecule is O=C(O)[C@H]1CCCC[C@H]1C(=O)NCCc1ncno1. The predicted octanol–water partition coefficient (Wildman–Crippen LogP) is 0.619. The van der Waals surface area contributed by atoms with Crippen LogP contribution in [0, 0.1) is 11.8 Å². The zero-order chi connectivity index (χ0) is 13.7. The van der Waals surface area contributed by atoms with Gasteiger partial charge in [0.25, 0.3) is 0 Å². The van der Waals surface area contributed by atoms with E-state index in [4.69, 9.17) is 9.63 Å². The Labute approximate surface area is 110 Å². The van der Waals surface area contributed by atoms with Gasteiger partial charge in [-0.1, -0.05) is 18.0 Å². The number of rotatable bonds is 5. The maximum atomic E-state index is 12.0. The maximum Gasteiger partial charge on any atom is 0.307 e. The minimum absolute atomic E-state index is 0.188. The van der Waals surface area contributed by atoms with Crippen LogP contribution in [0.25, 0.3) is 0 Å². The second-order valence-electron chi connectivity index (χ2n) is 4.71. The number of aromatic nitrogens is 2. The van der Waals surface area contributed by atoms with E-state index in [1.165, 1.54) is 6.33 Å². The van der Waals surface area contributed by atoms with Crippen molar-refractivity contribution >= 4 is 11.9 Å². The summed E-state index contributed by atoms with van der Waals surface area (Å²) in [6.07, 6.45) is 4.77. The number of carboxylic acid groups (broad SMARTS) is 1. The summed E-state index contributed by atoms with van der Waals surface area (Å²) in [6.45, 7) is 0.379. The summed E-state index contributed by atoms with van der Waals surface area (Å²) in [5.41, 5.74) is 0. The standard InChI is InChI=1S/C12H17N3O4/c16-11(13-6-5-10-14-7-15-19-10)8-3-1-2-4-9(8)12(17)18/h7-9H,1-6H2,(H,13,16)(H,17,18)/t8-,9+/m1/s1. The van der Waals surface area contributed by atoms with Crippen LogP contribution >= 0.6 is 0 Å². The van der Waals surface area contributed by atoms with Gasteiger partial charge >= 0.3 is 5.97 Å². The van der Waals surface area contributed by atoms with Crippen LogP contribution < -0.4 is 5.32 Å². The van der Waals surface area contributed by atoms with Crippen molar-refractivity contribution in [3.8, 4) is 0 Å². The lowest BCUT2D eigenvalue weighted by Crippen LogP contribution is -2.40. The summed E-state index contributed by atoms with van der Waals surface area (Å²) >= 11 is 0. The molecule has 0 saturated heterocycles. The molecule has 1 fully saturated rings. The zero-order valence-electron chi connectivity index (χ0n) is 10.5. The van der Waals surface area contributed by atoms with Crippen molar-refractivity contribution in [1.29, 1.82) is 0 Å². The molecule has 1 aliphatic carbocycles. The third-order valence-corrected chi connectivity index (χ3v) is 3.46. The Morgan fingerprint density at radius 3 is 2.74 bits per heavy atom. The summed E-state index contributed by atoms with van der Waals surface area (Å²) in [6, 6.07) is 0. The average Bonchev–Trinajstić information content (AvgIpc) is 2.91. The van der Waals surface area contributed by atoms with Crippen molar-refractivity contribution in [1.82, 2.24) is 15.5 Å². The molecule has 0 unspecified atom stereocenters. The number of amides is 1. The number of carbonyl (C=O) groups excluding carboxylic acids is 1. The highest BCUT2D eigenvalue weighted by molar-refractivity contribution is 5.84. The number of carbonyl (C=O) groups is 2. The first-order valence-corrected chi connectivity index (χ1v) is 6.44. The van der Waals surface area contributed by atoms with Crippen molar-refractivity contribution in [2.75, 3.05) is 6.54 Å². The Bertz CT molecular complexity index is 432.